The van der Waals surface area contributed by atoms with E-state index in [1.807, 2.05) is 6.92 Å². The third-order valence-electron chi connectivity index (χ3n) is 3.56. The molecule has 0 radical (unpaired) electrons. The van der Waals surface area contributed by atoms with Crippen molar-refractivity contribution in [3.05, 3.63) is 35.1 Å². The predicted octanol–water partition coefficient (Wildman–Crippen LogP) is 2.36. The summed E-state index contributed by atoms with van der Waals surface area (Å²) in [5.41, 5.74) is -0.218. The van der Waals surface area contributed by atoms with Crippen LogP contribution in [0.2, 0.25) is 0 Å². The molecule has 0 bridgehead atoms. The molecule has 1 aliphatic heterocycles. The Balaban J connectivity index is 2.04. The Hall–Kier alpha value is -1.56. The molecule has 0 aliphatic carbocycles. The van der Waals surface area contributed by atoms with Crippen LogP contribution in [0.25, 0.3) is 0 Å². The summed E-state index contributed by atoms with van der Waals surface area (Å²) in [7, 11) is 0. The number of benzene rings is 1. The Kier molecular flexibility index (Phi) is 4.65. The van der Waals surface area contributed by atoms with Crippen LogP contribution < -0.4 is 10.6 Å². The lowest BCUT2D eigenvalue weighted by Gasteiger charge is -2.29. The van der Waals surface area contributed by atoms with Crippen molar-refractivity contribution in [3.63, 3.8) is 0 Å². The van der Waals surface area contributed by atoms with Gasteiger partial charge in [0, 0.05) is 17.6 Å². The van der Waals surface area contributed by atoms with Crippen molar-refractivity contribution in [2.45, 2.75) is 38.3 Å². The number of hydrogen-bond donors (Lipinski definition) is 2. The Morgan fingerprint density at radius 1 is 1.30 bits per heavy atom. The molecule has 0 aromatic heterocycles. The molecule has 1 fully saturated rings. The summed E-state index contributed by atoms with van der Waals surface area (Å²) >= 11 is 0. The van der Waals surface area contributed by atoms with Crippen LogP contribution in [0.4, 0.5) is 13.2 Å². The number of rotatable bonds is 3. The highest BCUT2D eigenvalue weighted by Crippen LogP contribution is 2.15. The van der Waals surface area contributed by atoms with E-state index in [-0.39, 0.29) is 17.6 Å². The Morgan fingerprint density at radius 2 is 1.95 bits per heavy atom. The first-order valence-electron chi connectivity index (χ1n) is 6.68. The maximum atomic E-state index is 13.1. The number of carbonyl (C=O) groups excluding carboxylic acids is 1. The quantitative estimate of drug-likeness (QED) is 0.838. The van der Waals surface area contributed by atoms with Crippen LogP contribution in [0.5, 0.6) is 0 Å². The lowest BCUT2D eigenvalue weighted by Crippen LogP contribution is -2.50. The molecular weight excluding hydrogens is 269 g/mol. The summed E-state index contributed by atoms with van der Waals surface area (Å²) in [5, 5.41) is 5.97. The van der Waals surface area contributed by atoms with Crippen molar-refractivity contribution in [2.24, 2.45) is 0 Å². The summed E-state index contributed by atoms with van der Waals surface area (Å²) in [6.45, 7) is 2.72. The predicted molar refractivity (Wildman–Crippen MR) is 68.9 cm³/mol. The summed E-state index contributed by atoms with van der Waals surface area (Å²) in [6.07, 6.45) is 3.12. The zero-order valence-corrected chi connectivity index (χ0v) is 11.2. The minimum atomic E-state index is -1.57. The molecule has 2 atom stereocenters. The zero-order chi connectivity index (χ0) is 14.7. The van der Waals surface area contributed by atoms with Crippen LogP contribution in [0.3, 0.4) is 0 Å². The second-order valence-corrected chi connectivity index (χ2v) is 5.07. The van der Waals surface area contributed by atoms with Crippen LogP contribution in [-0.4, -0.2) is 24.5 Å². The maximum Gasteiger partial charge on any atom is 0.251 e. The first-order valence-corrected chi connectivity index (χ1v) is 6.68. The van der Waals surface area contributed by atoms with Crippen LogP contribution in [-0.2, 0) is 0 Å². The maximum absolute atomic E-state index is 13.1. The van der Waals surface area contributed by atoms with Gasteiger partial charge < -0.3 is 10.6 Å². The average molecular weight is 286 g/mol. The Morgan fingerprint density at radius 3 is 2.50 bits per heavy atom. The molecule has 1 aromatic carbocycles. The third kappa shape index (κ3) is 3.30. The SMILES string of the molecule is CC(NC(=O)c1cc(F)c(F)c(F)c1)C1CCCCN1. The molecule has 110 valence electrons. The van der Waals surface area contributed by atoms with E-state index in [1.54, 1.807) is 0 Å². The fourth-order valence-electron chi connectivity index (χ4n) is 2.38. The highest BCUT2D eigenvalue weighted by Gasteiger charge is 2.22. The first kappa shape index (κ1) is 14.8. The fourth-order valence-corrected chi connectivity index (χ4v) is 2.38. The van der Waals surface area contributed by atoms with Gasteiger partial charge in [0.1, 0.15) is 0 Å². The van der Waals surface area contributed by atoms with Crippen LogP contribution in [0.15, 0.2) is 12.1 Å². The van der Waals surface area contributed by atoms with E-state index < -0.39 is 23.4 Å². The van der Waals surface area contributed by atoms with Gasteiger partial charge in [-0.25, -0.2) is 13.2 Å². The third-order valence-corrected chi connectivity index (χ3v) is 3.56. The molecule has 2 unspecified atom stereocenters. The van der Waals surface area contributed by atoms with Crippen molar-refractivity contribution in [2.75, 3.05) is 6.54 Å². The van der Waals surface area contributed by atoms with Gasteiger partial charge in [0.25, 0.3) is 5.91 Å². The van der Waals surface area contributed by atoms with Gasteiger partial charge in [0.2, 0.25) is 0 Å². The largest absolute Gasteiger partial charge is 0.348 e. The van der Waals surface area contributed by atoms with Gasteiger partial charge in [-0.2, -0.15) is 0 Å². The molecule has 0 spiro atoms. The molecule has 3 nitrogen and oxygen atoms in total. The Bertz CT molecular complexity index is 478. The standard InChI is InChI=1S/C14H17F3N2O/c1-8(12-4-2-3-5-18-12)19-14(20)9-6-10(15)13(17)11(16)7-9/h6-8,12,18H,2-5H2,1H3,(H,19,20). The lowest BCUT2D eigenvalue weighted by molar-refractivity contribution is 0.0927. The van der Waals surface area contributed by atoms with Gasteiger partial charge in [-0.1, -0.05) is 6.42 Å². The number of carbonyl (C=O) groups is 1. The summed E-state index contributed by atoms with van der Waals surface area (Å²) in [6, 6.07) is 1.38. The number of amides is 1. The first-order chi connectivity index (χ1) is 9.49. The van der Waals surface area contributed by atoms with Crippen molar-refractivity contribution < 1.29 is 18.0 Å². The van der Waals surface area contributed by atoms with Crippen LogP contribution in [0.1, 0.15) is 36.5 Å². The minimum Gasteiger partial charge on any atom is -0.348 e. The molecule has 1 aliphatic rings. The second kappa shape index (κ2) is 6.26. The minimum absolute atomic E-state index is 0.142. The molecule has 20 heavy (non-hydrogen) atoms. The topological polar surface area (TPSA) is 41.1 Å². The van der Waals surface area contributed by atoms with E-state index >= 15 is 0 Å². The summed E-state index contributed by atoms with van der Waals surface area (Å²) < 4.78 is 39.0. The van der Waals surface area contributed by atoms with Crippen molar-refractivity contribution in [1.29, 1.82) is 0 Å². The summed E-state index contributed by atoms with van der Waals surface area (Å²) in [5.74, 6) is -4.90. The van der Waals surface area contributed by atoms with Crippen molar-refractivity contribution in [1.82, 2.24) is 10.6 Å². The zero-order valence-electron chi connectivity index (χ0n) is 11.2. The molecular formula is C14H17F3N2O. The number of hydrogen-bond acceptors (Lipinski definition) is 2. The number of halogens is 3. The lowest BCUT2D eigenvalue weighted by atomic mass is 9.99. The van der Waals surface area contributed by atoms with Gasteiger partial charge in [-0.15, -0.1) is 0 Å². The van der Waals surface area contributed by atoms with Gasteiger partial charge in [0.05, 0.1) is 0 Å². The highest BCUT2D eigenvalue weighted by molar-refractivity contribution is 5.94. The summed E-state index contributed by atoms with van der Waals surface area (Å²) in [4.78, 5) is 11.9. The normalized spacial score (nSPS) is 20.5. The van der Waals surface area contributed by atoms with E-state index in [2.05, 4.69) is 10.6 Å². The van der Waals surface area contributed by atoms with Gasteiger partial charge in [0.15, 0.2) is 17.5 Å². The van der Waals surface area contributed by atoms with E-state index in [1.165, 1.54) is 0 Å². The van der Waals surface area contributed by atoms with Crippen molar-refractivity contribution >= 4 is 5.91 Å². The monoisotopic (exact) mass is 286 g/mol. The van der Waals surface area contributed by atoms with Crippen LogP contribution >= 0.6 is 0 Å². The highest BCUT2D eigenvalue weighted by atomic mass is 19.2. The smallest absolute Gasteiger partial charge is 0.251 e. The van der Waals surface area contributed by atoms with Gasteiger partial charge >= 0.3 is 0 Å². The Labute approximate surface area is 115 Å². The molecule has 1 amide bonds. The average Bonchev–Trinajstić information content (AvgIpc) is 2.45. The fraction of sp³-hybridized carbons (Fsp3) is 0.500. The molecule has 1 aromatic rings. The van der Waals surface area contributed by atoms with E-state index in [0.717, 1.165) is 25.8 Å². The van der Waals surface area contributed by atoms with Gasteiger partial charge in [-0.3, -0.25) is 4.79 Å². The van der Waals surface area contributed by atoms with Crippen molar-refractivity contribution in [3.8, 4) is 0 Å². The molecule has 2 N–H and O–H groups in total. The number of piperidine rings is 1. The molecule has 2 rings (SSSR count). The van der Waals surface area contributed by atoms with Gasteiger partial charge in [-0.05, 0) is 38.4 Å². The van der Waals surface area contributed by atoms with E-state index in [4.69, 9.17) is 0 Å². The van der Waals surface area contributed by atoms with E-state index in [9.17, 15) is 18.0 Å². The molecule has 6 heteroatoms. The molecule has 1 saturated heterocycles. The molecule has 1 heterocycles. The second-order valence-electron chi connectivity index (χ2n) is 5.07. The van der Waals surface area contributed by atoms with E-state index in [0.29, 0.717) is 12.1 Å². The molecule has 0 saturated carbocycles. The van der Waals surface area contributed by atoms with Crippen LogP contribution in [0, 0.1) is 17.5 Å². The number of nitrogens with one attached hydrogen (secondary N) is 2.